The molecule has 0 aliphatic heterocycles. The maximum Gasteiger partial charge on any atom is 0.306 e. The van der Waals surface area contributed by atoms with Crippen LogP contribution in [0.15, 0.2) is 85.1 Å². The Kier molecular flexibility index (Phi) is 43.6. The molecule has 0 N–H and O–H groups in total. The van der Waals surface area contributed by atoms with E-state index in [1.165, 1.54) is 70.6 Å². The van der Waals surface area contributed by atoms with Gasteiger partial charge in [-0.1, -0.05) is 189 Å². The first-order valence-electron chi connectivity index (χ1n) is 23.7. The lowest BCUT2D eigenvalue weighted by atomic mass is 10.1. The Balaban J connectivity index is 4.50. The van der Waals surface area contributed by atoms with Crippen LogP contribution in [-0.2, 0) is 28.6 Å². The normalized spacial score (nSPS) is 12.8. The van der Waals surface area contributed by atoms with Crippen LogP contribution in [0.4, 0.5) is 0 Å². The number of allylic oxidation sites excluding steroid dienone is 14. The van der Waals surface area contributed by atoms with E-state index < -0.39 is 6.10 Å². The molecular formula is C52H86O6. The van der Waals surface area contributed by atoms with Crippen molar-refractivity contribution in [3.8, 4) is 0 Å². The second kappa shape index (κ2) is 46.3. The van der Waals surface area contributed by atoms with Gasteiger partial charge < -0.3 is 14.2 Å². The Bertz CT molecular complexity index is 1160. The summed E-state index contributed by atoms with van der Waals surface area (Å²) in [5, 5.41) is 0. The predicted molar refractivity (Wildman–Crippen MR) is 247 cm³/mol. The van der Waals surface area contributed by atoms with Gasteiger partial charge in [0.2, 0.25) is 0 Å². The van der Waals surface area contributed by atoms with Gasteiger partial charge in [-0.15, -0.1) is 0 Å². The van der Waals surface area contributed by atoms with Crippen LogP contribution >= 0.6 is 0 Å². The lowest BCUT2D eigenvalue weighted by Gasteiger charge is -2.18. The highest BCUT2D eigenvalue weighted by Crippen LogP contribution is 2.12. The topological polar surface area (TPSA) is 78.9 Å². The average molecular weight is 807 g/mol. The number of ether oxygens (including phenoxy) is 3. The van der Waals surface area contributed by atoms with Gasteiger partial charge in [0.05, 0.1) is 0 Å². The van der Waals surface area contributed by atoms with Crippen molar-refractivity contribution >= 4 is 17.9 Å². The third kappa shape index (κ3) is 43.7. The molecule has 1 atom stereocenters. The van der Waals surface area contributed by atoms with Crippen LogP contribution in [0.3, 0.4) is 0 Å². The number of hydrogen-bond acceptors (Lipinski definition) is 6. The van der Waals surface area contributed by atoms with E-state index in [2.05, 4.69) is 69.4 Å². The maximum absolute atomic E-state index is 12.7. The van der Waals surface area contributed by atoms with Crippen LogP contribution in [0, 0.1) is 0 Å². The molecular weight excluding hydrogens is 721 g/mol. The molecule has 1 unspecified atom stereocenters. The maximum atomic E-state index is 12.7. The van der Waals surface area contributed by atoms with Crippen LogP contribution in [0.2, 0.25) is 0 Å². The van der Waals surface area contributed by atoms with Crippen molar-refractivity contribution in [2.24, 2.45) is 0 Å². The molecule has 0 bridgehead atoms. The van der Waals surface area contributed by atoms with E-state index in [0.29, 0.717) is 19.3 Å². The zero-order valence-corrected chi connectivity index (χ0v) is 37.5. The number of carbonyl (C=O) groups is 3. The summed E-state index contributed by atoms with van der Waals surface area (Å²) in [4.78, 5) is 37.8. The second-order valence-corrected chi connectivity index (χ2v) is 15.4. The smallest absolute Gasteiger partial charge is 0.306 e. The minimum atomic E-state index is -0.809. The third-order valence-corrected chi connectivity index (χ3v) is 9.73. The molecule has 58 heavy (non-hydrogen) atoms. The SMILES string of the molecule is CC\C=C/C=C\C=C/C=C\CCCCCC(=O)OC(COC(=O)CCCCC/C=C\C=C/CCCCCCCCC)COC(=O)CCCCCCC/C=C\CCCC. The number of unbranched alkanes of at least 4 members (excludes halogenated alkanes) is 20. The van der Waals surface area contributed by atoms with Gasteiger partial charge in [0.1, 0.15) is 13.2 Å². The van der Waals surface area contributed by atoms with Gasteiger partial charge in [0.25, 0.3) is 0 Å². The molecule has 0 rings (SSSR count). The van der Waals surface area contributed by atoms with Crippen molar-refractivity contribution in [3.05, 3.63) is 85.1 Å². The fourth-order valence-electron chi connectivity index (χ4n) is 6.13. The monoisotopic (exact) mass is 807 g/mol. The van der Waals surface area contributed by atoms with Crippen LogP contribution < -0.4 is 0 Å². The fraction of sp³-hybridized carbons (Fsp3) is 0.673. The van der Waals surface area contributed by atoms with Gasteiger partial charge in [0, 0.05) is 19.3 Å². The number of rotatable bonds is 41. The van der Waals surface area contributed by atoms with Gasteiger partial charge in [-0.2, -0.15) is 0 Å². The van der Waals surface area contributed by atoms with Gasteiger partial charge in [-0.05, 0) is 83.5 Å². The molecule has 0 aromatic rings. The number of carbonyl (C=O) groups excluding carboxylic acids is 3. The Hall–Kier alpha value is -3.41. The van der Waals surface area contributed by atoms with E-state index in [1.54, 1.807) is 0 Å². The molecule has 0 aliphatic carbocycles. The largest absolute Gasteiger partial charge is 0.462 e. The first-order valence-corrected chi connectivity index (χ1v) is 23.7. The van der Waals surface area contributed by atoms with Crippen molar-refractivity contribution < 1.29 is 28.6 Å². The molecule has 0 aromatic carbocycles. The molecule has 6 heteroatoms. The highest BCUT2D eigenvalue weighted by Gasteiger charge is 2.19. The van der Waals surface area contributed by atoms with Crippen LogP contribution in [0.1, 0.15) is 207 Å². The number of esters is 3. The van der Waals surface area contributed by atoms with E-state index >= 15 is 0 Å². The molecule has 0 fully saturated rings. The van der Waals surface area contributed by atoms with Crippen molar-refractivity contribution in [2.75, 3.05) is 13.2 Å². The van der Waals surface area contributed by atoms with Crippen LogP contribution in [0.25, 0.3) is 0 Å². The molecule has 6 nitrogen and oxygen atoms in total. The molecule has 0 spiro atoms. The summed E-state index contributed by atoms with van der Waals surface area (Å²) < 4.78 is 16.7. The molecule has 330 valence electrons. The standard InChI is InChI=1S/C52H86O6/c1-4-7-10-13-16-19-22-24-25-26-28-30-33-36-39-42-45-51(54)57-48-49(47-56-50(53)44-41-38-35-32-29-21-18-15-12-9-6-3)58-52(55)46-43-40-37-34-31-27-23-20-17-14-11-8-5-2/h8,11,14-15,17-18,20,23,25-28,30-31,49H,4-7,9-10,12-13,16,19,21-22,24,29,32-48H2,1-3H3/b11-8-,17-14-,18-15-,23-20-,26-25-,30-28-,31-27-. The minimum Gasteiger partial charge on any atom is -0.462 e. The zero-order valence-electron chi connectivity index (χ0n) is 37.5. The first-order chi connectivity index (χ1) is 28.5. The van der Waals surface area contributed by atoms with E-state index in [9.17, 15) is 14.4 Å². The zero-order chi connectivity index (χ0) is 42.3. The van der Waals surface area contributed by atoms with Crippen molar-refractivity contribution in [3.63, 3.8) is 0 Å². The molecule has 0 heterocycles. The molecule has 0 amide bonds. The predicted octanol–water partition coefficient (Wildman–Crippen LogP) is 15.3. The summed E-state index contributed by atoms with van der Waals surface area (Å²) >= 11 is 0. The highest BCUT2D eigenvalue weighted by molar-refractivity contribution is 5.71. The Morgan fingerprint density at radius 2 is 0.707 bits per heavy atom. The van der Waals surface area contributed by atoms with E-state index in [-0.39, 0.29) is 37.5 Å². The Morgan fingerprint density at radius 1 is 0.362 bits per heavy atom. The molecule has 0 aliphatic rings. The average Bonchev–Trinajstić information content (AvgIpc) is 3.22. The lowest BCUT2D eigenvalue weighted by molar-refractivity contribution is -0.167. The summed E-state index contributed by atoms with van der Waals surface area (Å²) in [7, 11) is 0. The quantitative estimate of drug-likeness (QED) is 0.0201. The van der Waals surface area contributed by atoms with E-state index in [4.69, 9.17) is 14.2 Å². The summed E-state index contributed by atoms with van der Waals surface area (Å²) in [6, 6.07) is 0. The van der Waals surface area contributed by atoms with Gasteiger partial charge >= 0.3 is 17.9 Å². The number of hydrogen-bond donors (Lipinski definition) is 0. The van der Waals surface area contributed by atoms with Crippen LogP contribution in [0.5, 0.6) is 0 Å². The first kappa shape index (κ1) is 54.6. The fourth-order valence-corrected chi connectivity index (χ4v) is 6.13. The van der Waals surface area contributed by atoms with Gasteiger partial charge in [-0.25, -0.2) is 0 Å². The highest BCUT2D eigenvalue weighted by atomic mass is 16.6. The molecule has 0 aromatic heterocycles. The summed E-state index contributed by atoms with van der Waals surface area (Å²) in [6.45, 7) is 6.37. The van der Waals surface area contributed by atoms with E-state index in [1.807, 2.05) is 36.5 Å². The molecule has 0 saturated heterocycles. The van der Waals surface area contributed by atoms with Gasteiger partial charge in [0.15, 0.2) is 6.10 Å². The van der Waals surface area contributed by atoms with Crippen molar-refractivity contribution in [1.82, 2.24) is 0 Å². The Morgan fingerprint density at radius 3 is 1.19 bits per heavy atom. The minimum absolute atomic E-state index is 0.107. The summed E-state index contributed by atoms with van der Waals surface area (Å²) in [5.74, 6) is -0.989. The van der Waals surface area contributed by atoms with Crippen molar-refractivity contribution in [1.29, 1.82) is 0 Å². The Labute approximate surface area is 356 Å². The second-order valence-electron chi connectivity index (χ2n) is 15.4. The van der Waals surface area contributed by atoms with Gasteiger partial charge in [-0.3, -0.25) is 14.4 Å². The lowest BCUT2D eigenvalue weighted by Crippen LogP contribution is -2.30. The van der Waals surface area contributed by atoms with Crippen LogP contribution in [-0.4, -0.2) is 37.2 Å². The van der Waals surface area contributed by atoms with E-state index in [0.717, 1.165) is 89.9 Å². The molecule has 0 saturated carbocycles. The molecule has 0 radical (unpaired) electrons. The summed E-state index contributed by atoms with van der Waals surface area (Å²) in [5.41, 5.74) is 0. The van der Waals surface area contributed by atoms with Crippen molar-refractivity contribution in [2.45, 2.75) is 213 Å². The third-order valence-electron chi connectivity index (χ3n) is 9.73. The summed E-state index contributed by atoms with van der Waals surface area (Å²) in [6.07, 6.45) is 58.5.